The molecule has 1 atom stereocenters. The van der Waals surface area contributed by atoms with Crippen molar-refractivity contribution in [1.82, 2.24) is 14.8 Å². The van der Waals surface area contributed by atoms with E-state index < -0.39 is 23.4 Å². The minimum atomic E-state index is -1.11. The van der Waals surface area contributed by atoms with E-state index in [-0.39, 0.29) is 40.2 Å². The number of piperazine rings is 1. The van der Waals surface area contributed by atoms with Gasteiger partial charge in [-0.25, -0.2) is 9.37 Å². The molecule has 1 aromatic carbocycles. The van der Waals surface area contributed by atoms with Crippen molar-refractivity contribution < 1.29 is 23.4 Å². The fourth-order valence-electron chi connectivity index (χ4n) is 3.49. The summed E-state index contributed by atoms with van der Waals surface area (Å²) in [4.78, 5) is 20.2. The van der Waals surface area contributed by atoms with Gasteiger partial charge in [0, 0.05) is 19.6 Å². The van der Waals surface area contributed by atoms with Gasteiger partial charge in [0.15, 0.2) is 5.75 Å². The van der Waals surface area contributed by atoms with Gasteiger partial charge in [0.05, 0.1) is 11.6 Å². The zero-order chi connectivity index (χ0) is 19.3. The lowest BCUT2D eigenvalue weighted by atomic mass is 10.1. The third-order valence-corrected chi connectivity index (χ3v) is 5.21. The van der Waals surface area contributed by atoms with Gasteiger partial charge < -0.3 is 19.6 Å². The van der Waals surface area contributed by atoms with Gasteiger partial charge in [0.25, 0.3) is 5.91 Å². The fourth-order valence-corrected chi connectivity index (χ4v) is 3.78. The quantitative estimate of drug-likeness (QED) is 0.752. The summed E-state index contributed by atoms with van der Waals surface area (Å²) in [5.74, 6) is -3.11. The summed E-state index contributed by atoms with van der Waals surface area (Å²) in [6.07, 6.45) is 0. The first-order chi connectivity index (χ1) is 12.9. The molecule has 2 aliphatic rings. The summed E-state index contributed by atoms with van der Waals surface area (Å²) in [7, 11) is 1.92. The summed E-state index contributed by atoms with van der Waals surface area (Å²) in [6, 6.07) is 3.38. The number of benzene rings is 1. The second kappa shape index (κ2) is 6.61. The highest BCUT2D eigenvalue weighted by Crippen LogP contribution is 2.43. The molecule has 1 unspecified atom stereocenters. The van der Waals surface area contributed by atoms with Crippen LogP contribution in [0, 0.1) is 11.8 Å². The lowest BCUT2D eigenvalue weighted by Gasteiger charge is -2.38. The molecule has 0 aliphatic carbocycles. The molecule has 1 fully saturated rings. The standard InChI is InChI=1S/C18H16ClF2N3O3/c1-23-5-6-24-9(7-23)8-27-16-13(18(24)26)17(21)22-15(14(16)19)12-10(20)3-2-4-11(12)25/h2-4,9,25H,5-8H2,1H3. The number of fused-ring (bicyclic) bond motifs is 2. The number of halogens is 3. The van der Waals surface area contributed by atoms with Crippen LogP contribution in [0.5, 0.6) is 11.5 Å². The smallest absolute Gasteiger partial charge is 0.262 e. The van der Waals surface area contributed by atoms with Crippen LogP contribution in [0.15, 0.2) is 18.2 Å². The van der Waals surface area contributed by atoms with Gasteiger partial charge in [-0.05, 0) is 19.2 Å². The van der Waals surface area contributed by atoms with Gasteiger partial charge in [-0.15, -0.1) is 0 Å². The van der Waals surface area contributed by atoms with E-state index in [1.165, 1.54) is 12.1 Å². The molecular formula is C18H16ClF2N3O3. The average molecular weight is 396 g/mol. The Kier molecular flexibility index (Phi) is 4.39. The predicted octanol–water partition coefficient (Wildman–Crippen LogP) is 2.53. The van der Waals surface area contributed by atoms with Crippen molar-refractivity contribution in [2.75, 3.05) is 33.3 Å². The van der Waals surface area contributed by atoms with Crippen LogP contribution in [0.3, 0.4) is 0 Å². The first kappa shape index (κ1) is 17.9. The van der Waals surface area contributed by atoms with Crippen LogP contribution in [0.2, 0.25) is 5.02 Å². The molecule has 4 rings (SSSR count). The molecule has 1 saturated heterocycles. The van der Waals surface area contributed by atoms with Crippen LogP contribution in [-0.4, -0.2) is 65.1 Å². The van der Waals surface area contributed by atoms with Crippen LogP contribution in [0.1, 0.15) is 10.4 Å². The number of amides is 1. The van der Waals surface area contributed by atoms with E-state index in [0.717, 1.165) is 6.07 Å². The molecule has 9 heteroatoms. The molecule has 1 N–H and O–H groups in total. The van der Waals surface area contributed by atoms with Crippen molar-refractivity contribution in [1.29, 1.82) is 0 Å². The molecule has 6 nitrogen and oxygen atoms in total. The minimum absolute atomic E-state index is 0.120. The van der Waals surface area contributed by atoms with Crippen molar-refractivity contribution in [3.05, 3.63) is 40.6 Å². The van der Waals surface area contributed by atoms with Crippen LogP contribution >= 0.6 is 11.6 Å². The van der Waals surface area contributed by atoms with Crippen LogP contribution < -0.4 is 4.74 Å². The maximum atomic E-state index is 14.8. The van der Waals surface area contributed by atoms with Gasteiger partial charge >= 0.3 is 0 Å². The van der Waals surface area contributed by atoms with E-state index in [2.05, 4.69) is 4.98 Å². The van der Waals surface area contributed by atoms with Gasteiger partial charge in [0.2, 0.25) is 5.95 Å². The van der Waals surface area contributed by atoms with Gasteiger partial charge in [-0.2, -0.15) is 4.39 Å². The van der Waals surface area contributed by atoms with E-state index in [1.54, 1.807) is 4.90 Å². The highest BCUT2D eigenvalue weighted by atomic mass is 35.5. The number of rotatable bonds is 1. The zero-order valence-electron chi connectivity index (χ0n) is 14.4. The first-order valence-electron chi connectivity index (χ1n) is 8.37. The number of phenolic OH excluding ortho intramolecular Hbond substituents is 1. The number of pyridine rings is 1. The highest BCUT2D eigenvalue weighted by molar-refractivity contribution is 6.35. The van der Waals surface area contributed by atoms with Crippen molar-refractivity contribution in [2.45, 2.75) is 6.04 Å². The summed E-state index contributed by atoms with van der Waals surface area (Å²) in [6.45, 7) is 1.78. The Balaban J connectivity index is 1.87. The van der Waals surface area contributed by atoms with E-state index in [4.69, 9.17) is 16.3 Å². The lowest BCUT2D eigenvalue weighted by Crippen LogP contribution is -2.55. The van der Waals surface area contributed by atoms with Crippen LogP contribution in [0.4, 0.5) is 8.78 Å². The number of hydrogen-bond donors (Lipinski definition) is 1. The third kappa shape index (κ3) is 2.89. The summed E-state index contributed by atoms with van der Waals surface area (Å²) in [5, 5.41) is 9.77. The molecule has 3 heterocycles. The minimum Gasteiger partial charge on any atom is -0.507 e. The fraction of sp³-hybridized carbons (Fsp3) is 0.333. The van der Waals surface area contributed by atoms with Crippen molar-refractivity contribution in [3.8, 4) is 22.8 Å². The number of aromatic nitrogens is 1. The summed E-state index contributed by atoms with van der Waals surface area (Å²) in [5.41, 5.74) is -1.03. The Morgan fingerprint density at radius 1 is 1.30 bits per heavy atom. The number of carbonyl (C=O) groups is 1. The number of ether oxygens (including phenoxy) is 1. The van der Waals surface area contributed by atoms with Crippen molar-refractivity contribution >= 4 is 17.5 Å². The predicted molar refractivity (Wildman–Crippen MR) is 94.1 cm³/mol. The average Bonchev–Trinajstić information content (AvgIpc) is 2.76. The second-order valence-electron chi connectivity index (χ2n) is 6.63. The van der Waals surface area contributed by atoms with Gasteiger partial charge in [-0.3, -0.25) is 4.79 Å². The Labute approximate surface area is 158 Å². The third-order valence-electron chi connectivity index (χ3n) is 4.86. The van der Waals surface area contributed by atoms with Crippen molar-refractivity contribution in [2.24, 2.45) is 0 Å². The second-order valence-corrected chi connectivity index (χ2v) is 7.01. The maximum absolute atomic E-state index is 14.8. The maximum Gasteiger partial charge on any atom is 0.262 e. The van der Waals surface area contributed by atoms with Crippen LogP contribution in [0.25, 0.3) is 11.3 Å². The van der Waals surface area contributed by atoms with E-state index in [9.17, 15) is 18.7 Å². The summed E-state index contributed by atoms with van der Waals surface area (Å²) < 4.78 is 34.7. The number of carbonyl (C=O) groups excluding carboxylic acids is 1. The molecule has 1 aromatic heterocycles. The molecule has 142 valence electrons. The highest BCUT2D eigenvalue weighted by Gasteiger charge is 2.38. The number of hydrogen-bond acceptors (Lipinski definition) is 5. The molecule has 27 heavy (non-hydrogen) atoms. The largest absolute Gasteiger partial charge is 0.507 e. The molecule has 0 bridgehead atoms. The zero-order valence-corrected chi connectivity index (χ0v) is 15.1. The normalized spacial score (nSPS) is 19.9. The first-order valence-corrected chi connectivity index (χ1v) is 8.75. The Morgan fingerprint density at radius 2 is 2.07 bits per heavy atom. The van der Waals surface area contributed by atoms with E-state index in [1.807, 2.05) is 11.9 Å². The van der Waals surface area contributed by atoms with Gasteiger partial charge in [0.1, 0.15) is 34.5 Å². The number of likely N-dealkylation sites (N-methyl/N-ethyl adjacent to an activating group) is 1. The number of aromatic hydroxyl groups is 1. The molecular weight excluding hydrogens is 380 g/mol. The Hall–Kier alpha value is -2.45. The van der Waals surface area contributed by atoms with E-state index >= 15 is 0 Å². The number of phenols is 1. The Morgan fingerprint density at radius 3 is 2.81 bits per heavy atom. The van der Waals surface area contributed by atoms with Crippen LogP contribution in [-0.2, 0) is 0 Å². The molecule has 1 amide bonds. The lowest BCUT2D eigenvalue weighted by molar-refractivity contribution is 0.0439. The molecule has 0 spiro atoms. The Bertz CT molecular complexity index is 920. The molecule has 0 radical (unpaired) electrons. The van der Waals surface area contributed by atoms with E-state index in [0.29, 0.717) is 19.6 Å². The number of nitrogens with zero attached hydrogens (tertiary/aromatic N) is 3. The summed E-state index contributed by atoms with van der Waals surface area (Å²) >= 11 is 6.33. The molecule has 2 aromatic rings. The monoisotopic (exact) mass is 395 g/mol. The SMILES string of the molecule is CN1CCN2C(=O)c3c(F)nc(-c4c(O)cccc4F)c(Cl)c3OCC2C1. The van der Waals surface area contributed by atoms with Crippen molar-refractivity contribution in [3.63, 3.8) is 0 Å². The topological polar surface area (TPSA) is 65.9 Å². The molecule has 0 saturated carbocycles. The molecule has 2 aliphatic heterocycles. The van der Waals surface area contributed by atoms with Gasteiger partial charge in [-0.1, -0.05) is 17.7 Å².